The van der Waals surface area contributed by atoms with Gasteiger partial charge in [0, 0.05) is 25.7 Å². The Morgan fingerprint density at radius 2 is 1.79 bits per heavy atom. The fourth-order valence-electron chi connectivity index (χ4n) is 2.36. The molecule has 4 heteroatoms. The van der Waals surface area contributed by atoms with E-state index in [0.29, 0.717) is 6.61 Å². The number of piperidine rings is 1. The Morgan fingerprint density at radius 3 is 2.43 bits per heavy atom. The van der Waals surface area contributed by atoms with Crippen molar-refractivity contribution in [2.75, 3.05) is 26.3 Å². The van der Waals surface area contributed by atoms with Crippen molar-refractivity contribution in [3.8, 4) is 0 Å². The van der Waals surface area contributed by atoms with Crippen molar-refractivity contribution in [3.05, 3.63) is 0 Å². The van der Waals surface area contributed by atoms with E-state index in [1.165, 1.54) is 0 Å². The Morgan fingerprint density at radius 1 is 1.07 bits per heavy atom. The Kier molecular flexibility index (Phi) is 3.38. The minimum Gasteiger partial charge on any atom is -0.393 e. The van der Waals surface area contributed by atoms with Crippen LogP contribution in [0.25, 0.3) is 0 Å². The van der Waals surface area contributed by atoms with Crippen LogP contribution in [-0.4, -0.2) is 59.7 Å². The van der Waals surface area contributed by atoms with Crippen LogP contribution in [0, 0.1) is 0 Å². The maximum Gasteiger partial charge on any atom is 0.0929 e. The van der Waals surface area contributed by atoms with E-state index in [0.717, 1.165) is 39.0 Å². The Labute approximate surface area is 84.5 Å². The molecule has 0 aromatic carbocycles. The van der Waals surface area contributed by atoms with Crippen LogP contribution in [-0.2, 0) is 4.74 Å². The maximum atomic E-state index is 9.76. The molecule has 0 aromatic heterocycles. The van der Waals surface area contributed by atoms with Crippen molar-refractivity contribution < 1.29 is 14.9 Å². The number of ether oxygens (including phenoxy) is 1. The zero-order chi connectivity index (χ0) is 9.97. The smallest absolute Gasteiger partial charge is 0.0929 e. The van der Waals surface area contributed by atoms with E-state index in [-0.39, 0.29) is 18.2 Å². The number of nitrogens with zero attached hydrogens (tertiary/aromatic N) is 1. The molecule has 2 atom stereocenters. The van der Waals surface area contributed by atoms with Crippen LogP contribution in [0.1, 0.15) is 19.3 Å². The van der Waals surface area contributed by atoms with Gasteiger partial charge in [-0.05, 0) is 19.3 Å². The number of hydrogen-bond donors (Lipinski definition) is 2. The molecule has 2 aliphatic rings. The first-order valence-corrected chi connectivity index (χ1v) is 5.45. The summed E-state index contributed by atoms with van der Waals surface area (Å²) in [7, 11) is 0. The number of aliphatic hydroxyl groups is 2. The van der Waals surface area contributed by atoms with Crippen LogP contribution < -0.4 is 0 Å². The van der Waals surface area contributed by atoms with Crippen molar-refractivity contribution in [1.29, 1.82) is 0 Å². The van der Waals surface area contributed by atoms with E-state index < -0.39 is 0 Å². The number of hydrogen-bond acceptors (Lipinski definition) is 4. The van der Waals surface area contributed by atoms with Gasteiger partial charge in [-0.3, -0.25) is 4.90 Å². The fourth-order valence-corrected chi connectivity index (χ4v) is 2.36. The molecule has 2 aliphatic heterocycles. The highest BCUT2D eigenvalue weighted by molar-refractivity contribution is 4.85. The molecule has 2 rings (SSSR count). The summed E-state index contributed by atoms with van der Waals surface area (Å²) in [4.78, 5) is 2.29. The topological polar surface area (TPSA) is 52.9 Å². The average Bonchev–Trinajstić information content (AvgIpc) is 2.20. The molecule has 2 unspecified atom stereocenters. The van der Waals surface area contributed by atoms with Gasteiger partial charge in [0.25, 0.3) is 0 Å². The van der Waals surface area contributed by atoms with Gasteiger partial charge in [0.2, 0.25) is 0 Å². The first kappa shape index (κ1) is 10.4. The molecular weight excluding hydrogens is 182 g/mol. The molecule has 0 saturated carbocycles. The first-order valence-electron chi connectivity index (χ1n) is 5.45. The molecule has 4 nitrogen and oxygen atoms in total. The van der Waals surface area contributed by atoms with Crippen molar-refractivity contribution >= 4 is 0 Å². The summed E-state index contributed by atoms with van der Waals surface area (Å²) in [6.45, 7) is 3.02. The second-order valence-electron chi connectivity index (χ2n) is 4.27. The van der Waals surface area contributed by atoms with Crippen LogP contribution in [0.3, 0.4) is 0 Å². The van der Waals surface area contributed by atoms with Gasteiger partial charge < -0.3 is 14.9 Å². The largest absolute Gasteiger partial charge is 0.393 e. The predicted molar refractivity (Wildman–Crippen MR) is 52.0 cm³/mol. The van der Waals surface area contributed by atoms with Gasteiger partial charge in [0.05, 0.1) is 18.8 Å². The molecule has 0 amide bonds. The Hall–Kier alpha value is -0.160. The Balaban J connectivity index is 1.87. The molecule has 0 spiro atoms. The van der Waals surface area contributed by atoms with Gasteiger partial charge in [0.1, 0.15) is 0 Å². The third kappa shape index (κ3) is 2.25. The molecule has 0 bridgehead atoms. The standard InChI is InChI=1S/C10H19NO3/c12-8-1-4-11(5-2-8)9-3-6-14-7-10(9)13/h8-10,12-13H,1-7H2. The quantitative estimate of drug-likeness (QED) is 0.606. The van der Waals surface area contributed by atoms with Gasteiger partial charge >= 0.3 is 0 Å². The highest BCUT2D eigenvalue weighted by Crippen LogP contribution is 2.20. The van der Waals surface area contributed by atoms with E-state index in [9.17, 15) is 10.2 Å². The predicted octanol–water partition coefficient (Wildman–Crippen LogP) is -0.407. The van der Waals surface area contributed by atoms with E-state index >= 15 is 0 Å². The SMILES string of the molecule is OC1CCN(C2CCOCC2O)CC1. The zero-order valence-corrected chi connectivity index (χ0v) is 8.43. The highest BCUT2D eigenvalue weighted by Gasteiger charge is 2.31. The molecule has 0 aliphatic carbocycles. The van der Waals surface area contributed by atoms with Gasteiger partial charge in [0.15, 0.2) is 0 Å². The summed E-state index contributed by atoms with van der Waals surface area (Å²) in [6.07, 6.45) is 2.10. The van der Waals surface area contributed by atoms with Crippen molar-refractivity contribution in [1.82, 2.24) is 4.90 Å². The molecule has 2 fully saturated rings. The van der Waals surface area contributed by atoms with Crippen LogP contribution in [0.15, 0.2) is 0 Å². The Bertz CT molecular complexity index is 180. The molecule has 14 heavy (non-hydrogen) atoms. The second-order valence-corrected chi connectivity index (χ2v) is 4.27. The number of likely N-dealkylation sites (tertiary alicyclic amines) is 1. The lowest BCUT2D eigenvalue weighted by Crippen LogP contribution is -2.52. The third-order valence-electron chi connectivity index (χ3n) is 3.26. The van der Waals surface area contributed by atoms with Gasteiger partial charge in [-0.2, -0.15) is 0 Å². The summed E-state index contributed by atoms with van der Waals surface area (Å²) in [5, 5.41) is 19.1. The lowest BCUT2D eigenvalue weighted by molar-refractivity contribution is -0.0754. The molecule has 2 saturated heterocycles. The summed E-state index contributed by atoms with van der Waals surface area (Å²) < 4.78 is 5.20. The normalized spacial score (nSPS) is 37.3. The van der Waals surface area contributed by atoms with Gasteiger partial charge in [-0.25, -0.2) is 0 Å². The van der Waals surface area contributed by atoms with E-state index in [1.54, 1.807) is 0 Å². The third-order valence-corrected chi connectivity index (χ3v) is 3.26. The fraction of sp³-hybridized carbons (Fsp3) is 1.00. The molecule has 0 radical (unpaired) electrons. The van der Waals surface area contributed by atoms with E-state index in [1.807, 2.05) is 0 Å². The summed E-state index contributed by atoms with van der Waals surface area (Å²) in [5.74, 6) is 0. The molecule has 82 valence electrons. The van der Waals surface area contributed by atoms with Gasteiger partial charge in [-0.15, -0.1) is 0 Å². The van der Waals surface area contributed by atoms with Crippen LogP contribution >= 0.6 is 0 Å². The van der Waals surface area contributed by atoms with E-state index in [4.69, 9.17) is 4.74 Å². The lowest BCUT2D eigenvalue weighted by atomic mass is 9.99. The first-order chi connectivity index (χ1) is 6.77. The summed E-state index contributed by atoms with van der Waals surface area (Å²) in [5.41, 5.74) is 0. The highest BCUT2D eigenvalue weighted by atomic mass is 16.5. The second kappa shape index (κ2) is 4.57. The minimum absolute atomic E-state index is 0.136. The van der Waals surface area contributed by atoms with Crippen molar-refractivity contribution in [3.63, 3.8) is 0 Å². The summed E-state index contributed by atoms with van der Waals surface area (Å²) in [6, 6.07) is 0.247. The average molecular weight is 201 g/mol. The number of rotatable bonds is 1. The maximum absolute atomic E-state index is 9.76. The minimum atomic E-state index is -0.348. The lowest BCUT2D eigenvalue weighted by Gasteiger charge is -2.40. The summed E-state index contributed by atoms with van der Waals surface area (Å²) >= 11 is 0. The number of aliphatic hydroxyl groups excluding tert-OH is 2. The van der Waals surface area contributed by atoms with Crippen LogP contribution in [0.2, 0.25) is 0 Å². The zero-order valence-electron chi connectivity index (χ0n) is 8.43. The van der Waals surface area contributed by atoms with Gasteiger partial charge in [-0.1, -0.05) is 0 Å². The van der Waals surface area contributed by atoms with E-state index in [2.05, 4.69) is 4.90 Å². The molecule has 2 heterocycles. The molecule has 0 aromatic rings. The van der Waals surface area contributed by atoms with Crippen molar-refractivity contribution in [2.24, 2.45) is 0 Å². The van der Waals surface area contributed by atoms with Crippen molar-refractivity contribution in [2.45, 2.75) is 37.5 Å². The van der Waals surface area contributed by atoms with Crippen LogP contribution in [0.5, 0.6) is 0 Å². The van der Waals surface area contributed by atoms with Crippen LogP contribution in [0.4, 0.5) is 0 Å². The molecular formula is C10H19NO3. The monoisotopic (exact) mass is 201 g/mol. The molecule has 2 N–H and O–H groups in total.